The Bertz CT molecular complexity index is 6240. The lowest BCUT2D eigenvalue weighted by molar-refractivity contribution is -0.131. The zero-order valence-corrected chi connectivity index (χ0v) is 86.4. The molecular weight excluding hydrogens is 1800 g/mol. The molecule has 4 spiro atoms. The van der Waals surface area contributed by atoms with Crippen molar-refractivity contribution in [2.75, 3.05) is 60.5 Å². The highest BCUT2D eigenvalue weighted by atomic mass is 19.1. The predicted octanol–water partition coefficient (Wildman–Crippen LogP) is 21.3. The van der Waals surface area contributed by atoms with Gasteiger partial charge in [0.25, 0.3) is 11.8 Å². The summed E-state index contributed by atoms with van der Waals surface area (Å²) in [5.74, 6) is 3.25. The van der Waals surface area contributed by atoms with Crippen LogP contribution in [0.4, 0.5) is 28.2 Å². The number of benzene rings is 3. The van der Waals surface area contributed by atoms with Gasteiger partial charge in [-0.05, 0) is 228 Å². The number of nitrogens with zero attached hydrogens (tertiary/aromatic N) is 14. The second-order valence-electron chi connectivity index (χ2n) is 43.6. The Morgan fingerprint density at radius 3 is 1.15 bits per heavy atom. The molecule has 0 bridgehead atoms. The molecule has 5 aliphatic heterocycles. The van der Waals surface area contributed by atoms with Crippen molar-refractivity contribution in [2.24, 2.45) is 0 Å². The molecule has 13 heterocycles. The van der Waals surface area contributed by atoms with Crippen LogP contribution in [-0.2, 0) is 40.0 Å². The molecule has 29 heteroatoms. The van der Waals surface area contributed by atoms with E-state index < -0.39 is 0 Å². The van der Waals surface area contributed by atoms with Crippen LogP contribution in [-0.4, -0.2) is 185 Å². The normalized spacial score (nSPS) is 24.3. The van der Waals surface area contributed by atoms with Gasteiger partial charge in [0.2, 0.25) is 29.7 Å². The molecule has 0 radical (unpaired) electrons. The summed E-state index contributed by atoms with van der Waals surface area (Å²) in [7, 11) is 0. The average molecular weight is 1960 g/mol. The summed E-state index contributed by atoms with van der Waals surface area (Å²) in [6.07, 6.45) is 52.1. The van der Waals surface area contributed by atoms with Crippen LogP contribution in [0.1, 0.15) is 369 Å². The third kappa shape index (κ3) is 22.3. The first kappa shape index (κ1) is 102. The molecule has 3 aromatic carbocycles. The van der Waals surface area contributed by atoms with Crippen LogP contribution in [0.5, 0.6) is 0 Å². The topological polar surface area (TPSA) is 323 Å². The Morgan fingerprint density at radius 1 is 0.403 bits per heavy atom. The summed E-state index contributed by atoms with van der Waals surface area (Å²) in [6.45, 7) is 20.8. The number of rotatable bonds is 18. The van der Waals surface area contributed by atoms with Crippen LogP contribution < -0.4 is 47.9 Å². The van der Waals surface area contributed by atoms with Crippen LogP contribution >= 0.6 is 0 Å². The quantitative estimate of drug-likeness (QED) is 0.0385. The standard InChI is InChI=1S/C29H36FN5O.C28H36N6O.C27H38N6O2.C27H34N6O.2C2H6/c1-19(23-7-3-4-8-24(23)30)32-21-9-11-22(12-10-21)33-28-31-18-20-17-25-26(36)13-16-29(14-5-2-6-15-29)35(25)27(20)34-28;1-19-7-3-4-8-20(19)16-29-22-9-11-23(12-10-22)32-27-30-17-21-15-24-26(35)31-18-28(13-5-2-6-14-28)34(24)25(21)33-27;1-19(34)31-13-15-32(16-14-31)22-7-5-21(6-8-22)29-26-28-18-20-17-23-24(35)9-12-27(10-3-2-4-11-27)33(23)25(20)30-26;34-25-23-15-20-17-29-26(32-24(20)33(23)27(18-30-25)13-5-2-6-14-27)31-22-11-9-21(10-12-22)28-16-19-7-3-1-4-8-19;2*1-2/h3-4,7-8,17-19,21-22,32H,2,5-6,9-16H2,1H3,(H,31,33,34);3-4,7-8,15,17,22-23,29H,2,5-6,9-14,16,18H2,1H3,(H,31,35)(H,30,32,33);17-18,21-22H,2-16H2,1H3,(H,28,29,30);1,3-4,7-8,15,17,21-22,28H,2,5-6,9-14,16,18H2,(H,30,34)(H,29,31,32);2*1-2H3. The number of amides is 3. The monoisotopic (exact) mass is 1960 g/mol. The number of carbonyl (C=O) groups excluding carboxylic acids is 5. The molecule has 24 rings (SSSR count). The van der Waals surface area contributed by atoms with Crippen molar-refractivity contribution in [2.45, 2.75) is 395 Å². The van der Waals surface area contributed by atoms with Crippen molar-refractivity contribution in [3.63, 3.8) is 0 Å². The minimum Gasteiger partial charge on any atom is -0.351 e. The summed E-state index contributed by atoms with van der Waals surface area (Å²) in [6, 6.07) is 37.7. The van der Waals surface area contributed by atoms with Crippen molar-refractivity contribution < 1.29 is 28.4 Å². The lowest BCUT2D eigenvalue weighted by Gasteiger charge is -2.42. The molecule has 8 saturated carbocycles. The molecule has 768 valence electrons. The second-order valence-corrected chi connectivity index (χ2v) is 43.6. The molecule has 144 heavy (non-hydrogen) atoms. The molecule has 9 N–H and O–H groups in total. The van der Waals surface area contributed by atoms with E-state index in [4.69, 9.17) is 19.9 Å². The van der Waals surface area contributed by atoms with Crippen LogP contribution in [0.3, 0.4) is 0 Å². The number of hydrogen-bond acceptors (Lipinski definition) is 21. The number of aromatic nitrogens is 12. The molecule has 9 fully saturated rings. The van der Waals surface area contributed by atoms with E-state index in [2.05, 4.69) is 152 Å². The lowest BCUT2D eigenvalue weighted by atomic mass is 9.75. The van der Waals surface area contributed by atoms with E-state index in [1.54, 1.807) is 13.0 Å². The molecule has 1 atom stereocenters. The summed E-state index contributed by atoms with van der Waals surface area (Å²) in [4.78, 5) is 105. The van der Waals surface area contributed by atoms with Gasteiger partial charge in [0, 0.05) is 189 Å². The second kappa shape index (κ2) is 45.9. The van der Waals surface area contributed by atoms with Gasteiger partial charge in [-0.2, -0.15) is 19.9 Å². The molecule has 1 unspecified atom stereocenters. The fourth-order valence-electron chi connectivity index (χ4n) is 26.7. The third-order valence-electron chi connectivity index (χ3n) is 34.7. The molecule has 3 amide bonds. The zero-order valence-electron chi connectivity index (χ0n) is 86.4. The summed E-state index contributed by atoms with van der Waals surface area (Å²) >= 11 is 0. The van der Waals surface area contributed by atoms with Crippen LogP contribution in [0.15, 0.2) is 128 Å². The van der Waals surface area contributed by atoms with Gasteiger partial charge in [0.05, 0.1) is 22.5 Å². The lowest BCUT2D eigenvalue weighted by Crippen LogP contribution is -2.52. The minimum atomic E-state index is -0.148. The maximum atomic E-state index is 14.1. The first-order chi connectivity index (χ1) is 70.4. The van der Waals surface area contributed by atoms with Gasteiger partial charge in [-0.1, -0.05) is 178 Å². The van der Waals surface area contributed by atoms with Crippen molar-refractivity contribution in [3.8, 4) is 0 Å². The highest BCUT2D eigenvalue weighted by Gasteiger charge is 2.47. The first-order valence-electron chi connectivity index (χ1n) is 55.7. The van der Waals surface area contributed by atoms with E-state index in [1.165, 1.54) is 99.8 Å². The van der Waals surface area contributed by atoms with E-state index in [0.717, 1.165) is 279 Å². The molecule has 8 aromatic heterocycles. The fraction of sp³-hybridized carbons (Fsp3) is 0.591. The Kier molecular flexibility index (Phi) is 32.3. The Morgan fingerprint density at radius 2 is 0.750 bits per heavy atom. The fourth-order valence-corrected chi connectivity index (χ4v) is 26.7. The first-order valence-corrected chi connectivity index (χ1v) is 55.7. The van der Waals surface area contributed by atoms with Gasteiger partial charge >= 0.3 is 0 Å². The number of Topliss-reactive ketones (excluding diaryl/α,β-unsaturated/α-hetero) is 2. The van der Waals surface area contributed by atoms with Gasteiger partial charge in [-0.3, -0.25) is 28.9 Å². The number of aryl methyl sites for hydroxylation is 1. The number of halogens is 1. The van der Waals surface area contributed by atoms with Gasteiger partial charge < -0.3 is 71.0 Å². The highest BCUT2D eigenvalue weighted by molar-refractivity contribution is 6.03. The molecule has 11 aromatic rings. The van der Waals surface area contributed by atoms with Gasteiger partial charge in [0.15, 0.2) is 11.6 Å². The number of anilines is 4. The van der Waals surface area contributed by atoms with Gasteiger partial charge in [-0.25, -0.2) is 24.3 Å². The van der Waals surface area contributed by atoms with Crippen molar-refractivity contribution in [1.29, 1.82) is 0 Å². The Balaban J connectivity index is 0.000000120. The Labute approximate surface area is 849 Å². The van der Waals surface area contributed by atoms with E-state index in [0.29, 0.717) is 98.1 Å². The van der Waals surface area contributed by atoms with Crippen molar-refractivity contribution >= 4 is 97.2 Å². The van der Waals surface area contributed by atoms with Crippen LogP contribution in [0, 0.1) is 12.7 Å². The maximum absolute atomic E-state index is 14.1. The number of carbonyl (C=O) groups is 5. The predicted molar refractivity (Wildman–Crippen MR) is 571 cm³/mol. The number of piperazine rings is 1. The maximum Gasteiger partial charge on any atom is 0.268 e. The van der Waals surface area contributed by atoms with E-state index in [1.807, 2.05) is 101 Å². The molecule has 8 aliphatic carbocycles. The number of hydrogen-bond donors (Lipinski definition) is 9. The summed E-state index contributed by atoms with van der Waals surface area (Å²) < 4.78 is 23.2. The number of fused-ring (bicyclic) bond motifs is 16. The van der Waals surface area contributed by atoms with Crippen LogP contribution in [0.25, 0.3) is 44.1 Å². The van der Waals surface area contributed by atoms with Crippen molar-refractivity contribution in [1.82, 2.24) is 94.5 Å². The Hall–Kier alpha value is -11.1. The molecule has 1 saturated heterocycles. The van der Waals surface area contributed by atoms with E-state index >= 15 is 0 Å². The SMILES string of the molecule is CC.CC.CC(=O)N1CCN(C2CCC(Nc3ncc4cc5n(c4n3)C3(CCCCC3)CCC5=O)CC2)CC1.CC(NC1CCC(Nc2ncc3cc4n(c3n2)C2(CCCCC2)CCC4=O)CC1)c1ccccc1F.Cc1ccccc1CNC1CCC(Nc2ncc3cc4n(c3n2)C2(CCCCC2)CNC4=O)CC1.O=C1NCC2(CCCCC2)n2c1cc1cnc(NC3CCC(NCc4ccccc4)CC3)nc12. The molecule has 13 aliphatic rings. The number of nitrogens with one attached hydrogen (secondary N) is 9. The smallest absolute Gasteiger partial charge is 0.268 e. The third-order valence-corrected chi connectivity index (χ3v) is 34.7. The summed E-state index contributed by atoms with van der Waals surface area (Å²) in [5.41, 5.74) is 11.6. The summed E-state index contributed by atoms with van der Waals surface area (Å²) in [5, 5.41) is 35.6. The molecule has 28 nitrogen and oxygen atoms in total. The van der Waals surface area contributed by atoms with Gasteiger partial charge in [-0.15, -0.1) is 0 Å². The highest BCUT2D eigenvalue weighted by Crippen LogP contribution is 2.49. The van der Waals surface area contributed by atoms with Crippen molar-refractivity contribution in [3.05, 3.63) is 179 Å². The molecular formula is C115H156FN23O5. The van der Waals surface area contributed by atoms with Gasteiger partial charge in [0.1, 0.15) is 39.8 Å². The largest absolute Gasteiger partial charge is 0.351 e. The average Bonchev–Trinajstić information content (AvgIpc) is 1.59. The van der Waals surface area contributed by atoms with E-state index in [9.17, 15) is 28.4 Å². The minimum absolute atomic E-state index is 0.00466. The van der Waals surface area contributed by atoms with E-state index in [-0.39, 0.29) is 63.3 Å². The number of ketones is 2. The van der Waals surface area contributed by atoms with Crippen LogP contribution in [0.2, 0.25) is 0 Å². The zero-order chi connectivity index (χ0) is 99.5.